The highest BCUT2D eigenvalue weighted by Crippen LogP contribution is 2.28. The number of hydrogen-bond acceptors (Lipinski definition) is 2. The van der Waals surface area contributed by atoms with Crippen LogP contribution in [0, 0.1) is 12.8 Å². The second-order valence-corrected chi connectivity index (χ2v) is 6.40. The Hall–Kier alpha value is -0.540. The highest BCUT2D eigenvalue weighted by molar-refractivity contribution is 9.10. The number of hydrogen-bond donors (Lipinski definition) is 1. The van der Waals surface area contributed by atoms with E-state index in [1.807, 2.05) is 0 Å². The number of benzene rings is 1. The molecule has 1 aromatic carbocycles. The predicted octanol–water partition coefficient (Wildman–Crippen LogP) is 3.74. The van der Waals surface area contributed by atoms with Gasteiger partial charge in [0, 0.05) is 23.8 Å². The maximum Gasteiger partial charge on any atom is 0.0540 e. The van der Waals surface area contributed by atoms with Gasteiger partial charge in [0.1, 0.15) is 0 Å². The number of halogens is 1. The minimum atomic E-state index is -0.0563. The minimum absolute atomic E-state index is 0.0563. The van der Waals surface area contributed by atoms with E-state index < -0.39 is 0 Å². The highest BCUT2D eigenvalue weighted by Gasteiger charge is 2.21. The molecule has 0 amide bonds. The molecule has 0 aliphatic heterocycles. The second-order valence-electron chi connectivity index (χ2n) is 5.49. The molecule has 0 heterocycles. The zero-order valence-corrected chi connectivity index (χ0v) is 12.8. The average molecular weight is 312 g/mol. The quantitative estimate of drug-likeness (QED) is 0.919. The van der Waals surface area contributed by atoms with Crippen molar-refractivity contribution in [2.45, 2.75) is 38.7 Å². The van der Waals surface area contributed by atoms with E-state index in [-0.39, 0.29) is 6.10 Å². The summed E-state index contributed by atoms with van der Waals surface area (Å²) in [6, 6.07) is 6.43. The van der Waals surface area contributed by atoms with Crippen LogP contribution in [0.1, 0.15) is 31.2 Å². The third kappa shape index (κ3) is 3.48. The van der Waals surface area contributed by atoms with Gasteiger partial charge in [0.2, 0.25) is 0 Å². The lowest BCUT2D eigenvalue weighted by Gasteiger charge is -2.31. The fourth-order valence-corrected chi connectivity index (χ4v) is 3.16. The fraction of sp³-hybridized carbons (Fsp3) is 0.600. The first kappa shape index (κ1) is 13.9. The number of aliphatic hydroxyl groups is 1. The van der Waals surface area contributed by atoms with Crippen LogP contribution in [-0.2, 0) is 0 Å². The Balaban J connectivity index is 1.98. The Bertz CT molecular complexity index is 399. The van der Waals surface area contributed by atoms with Crippen LogP contribution in [0.2, 0.25) is 0 Å². The van der Waals surface area contributed by atoms with Gasteiger partial charge in [0.15, 0.2) is 0 Å². The molecule has 3 heteroatoms. The molecule has 100 valence electrons. The van der Waals surface area contributed by atoms with Crippen molar-refractivity contribution < 1.29 is 5.11 Å². The first-order valence-electron chi connectivity index (χ1n) is 6.71. The van der Waals surface area contributed by atoms with Gasteiger partial charge >= 0.3 is 0 Å². The molecular formula is C15H22BrNO. The summed E-state index contributed by atoms with van der Waals surface area (Å²) in [5.41, 5.74) is 2.62. The number of anilines is 1. The van der Waals surface area contributed by atoms with Crippen molar-refractivity contribution in [3.05, 3.63) is 28.2 Å². The summed E-state index contributed by atoms with van der Waals surface area (Å²) in [5.74, 6) is 0.719. The highest BCUT2D eigenvalue weighted by atomic mass is 79.9. The standard InChI is InChI=1S/C15H22BrNO/c1-11-3-6-13(16)9-15(11)17(2)10-12-4-7-14(18)8-5-12/h3,6,9,12,14,18H,4-5,7-8,10H2,1-2H3. The van der Waals surface area contributed by atoms with Gasteiger partial charge in [0.25, 0.3) is 0 Å². The third-order valence-electron chi connectivity index (χ3n) is 3.93. The van der Waals surface area contributed by atoms with Crippen LogP contribution in [0.5, 0.6) is 0 Å². The average Bonchev–Trinajstić information content (AvgIpc) is 2.35. The van der Waals surface area contributed by atoms with Gasteiger partial charge in [-0.05, 0) is 56.2 Å². The number of aryl methyl sites for hydroxylation is 1. The van der Waals surface area contributed by atoms with E-state index in [2.05, 4.69) is 53.0 Å². The van der Waals surface area contributed by atoms with E-state index in [0.29, 0.717) is 0 Å². The molecule has 1 aromatic rings. The van der Waals surface area contributed by atoms with Crippen LogP contribution < -0.4 is 4.90 Å². The van der Waals surface area contributed by atoms with Crippen LogP contribution in [0.3, 0.4) is 0 Å². The molecule has 0 spiro atoms. The summed E-state index contributed by atoms with van der Waals surface area (Å²) < 4.78 is 1.13. The van der Waals surface area contributed by atoms with Crippen molar-refractivity contribution in [1.29, 1.82) is 0 Å². The first-order valence-corrected chi connectivity index (χ1v) is 7.51. The van der Waals surface area contributed by atoms with Gasteiger partial charge in [-0.25, -0.2) is 0 Å². The molecule has 1 N–H and O–H groups in total. The molecule has 0 saturated heterocycles. The summed E-state index contributed by atoms with van der Waals surface area (Å²) in [7, 11) is 2.17. The van der Waals surface area contributed by atoms with E-state index in [4.69, 9.17) is 0 Å². The fourth-order valence-electron chi connectivity index (χ4n) is 2.81. The lowest BCUT2D eigenvalue weighted by atomic mass is 9.87. The lowest BCUT2D eigenvalue weighted by Crippen LogP contribution is -2.30. The predicted molar refractivity (Wildman–Crippen MR) is 80.1 cm³/mol. The van der Waals surface area contributed by atoms with Gasteiger partial charge < -0.3 is 10.0 Å². The molecule has 1 aliphatic carbocycles. The summed E-state index contributed by atoms with van der Waals surface area (Å²) in [5, 5.41) is 9.54. The second kappa shape index (κ2) is 6.07. The van der Waals surface area contributed by atoms with Crippen molar-refractivity contribution in [3.8, 4) is 0 Å². The summed E-state index contributed by atoms with van der Waals surface area (Å²) in [6.07, 6.45) is 4.18. The van der Waals surface area contributed by atoms with E-state index in [1.54, 1.807) is 0 Å². The summed E-state index contributed by atoms with van der Waals surface area (Å²) in [6.45, 7) is 3.24. The SMILES string of the molecule is Cc1ccc(Br)cc1N(C)CC1CCC(O)CC1. The zero-order chi connectivity index (χ0) is 13.1. The largest absolute Gasteiger partial charge is 0.393 e. The maximum absolute atomic E-state index is 9.54. The molecular weight excluding hydrogens is 290 g/mol. The van der Waals surface area contributed by atoms with E-state index in [1.165, 1.54) is 11.3 Å². The van der Waals surface area contributed by atoms with Crippen LogP contribution in [0.15, 0.2) is 22.7 Å². The van der Waals surface area contributed by atoms with Gasteiger partial charge in [-0.1, -0.05) is 22.0 Å². The number of rotatable bonds is 3. The monoisotopic (exact) mass is 311 g/mol. The van der Waals surface area contributed by atoms with Crippen molar-refractivity contribution in [2.24, 2.45) is 5.92 Å². The van der Waals surface area contributed by atoms with Crippen molar-refractivity contribution in [1.82, 2.24) is 0 Å². The first-order chi connectivity index (χ1) is 8.56. The normalized spacial score (nSPS) is 24.0. The Morgan fingerprint density at radius 3 is 2.61 bits per heavy atom. The number of nitrogens with zero attached hydrogens (tertiary/aromatic N) is 1. The Morgan fingerprint density at radius 1 is 1.28 bits per heavy atom. The molecule has 0 atom stereocenters. The van der Waals surface area contributed by atoms with E-state index in [0.717, 1.165) is 42.6 Å². The molecule has 0 radical (unpaired) electrons. The number of aliphatic hydroxyl groups excluding tert-OH is 1. The molecule has 0 unspecified atom stereocenters. The van der Waals surface area contributed by atoms with Crippen LogP contribution >= 0.6 is 15.9 Å². The van der Waals surface area contributed by atoms with E-state index in [9.17, 15) is 5.11 Å². The maximum atomic E-state index is 9.54. The molecule has 1 aliphatic rings. The lowest BCUT2D eigenvalue weighted by molar-refractivity contribution is 0.110. The van der Waals surface area contributed by atoms with E-state index >= 15 is 0 Å². The Kier molecular flexibility index (Phi) is 4.68. The van der Waals surface area contributed by atoms with Gasteiger partial charge in [-0.2, -0.15) is 0 Å². The molecule has 0 aromatic heterocycles. The van der Waals surface area contributed by atoms with Crippen LogP contribution in [0.25, 0.3) is 0 Å². The topological polar surface area (TPSA) is 23.5 Å². The zero-order valence-electron chi connectivity index (χ0n) is 11.2. The molecule has 0 bridgehead atoms. The van der Waals surface area contributed by atoms with Crippen molar-refractivity contribution in [3.63, 3.8) is 0 Å². The summed E-state index contributed by atoms with van der Waals surface area (Å²) in [4.78, 5) is 2.35. The smallest absolute Gasteiger partial charge is 0.0540 e. The Labute approximate surface area is 118 Å². The van der Waals surface area contributed by atoms with Crippen LogP contribution in [-0.4, -0.2) is 24.8 Å². The van der Waals surface area contributed by atoms with Crippen molar-refractivity contribution in [2.75, 3.05) is 18.5 Å². The molecule has 18 heavy (non-hydrogen) atoms. The molecule has 2 rings (SSSR count). The van der Waals surface area contributed by atoms with Gasteiger partial charge in [-0.15, -0.1) is 0 Å². The van der Waals surface area contributed by atoms with Gasteiger partial charge in [-0.3, -0.25) is 0 Å². The Morgan fingerprint density at radius 2 is 1.94 bits per heavy atom. The molecule has 1 fully saturated rings. The summed E-state index contributed by atoms with van der Waals surface area (Å²) >= 11 is 3.54. The third-order valence-corrected chi connectivity index (χ3v) is 4.42. The minimum Gasteiger partial charge on any atom is -0.393 e. The molecule has 2 nitrogen and oxygen atoms in total. The van der Waals surface area contributed by atoms with Gasteiger partial charge in [0.05, 0.1) is 6.10 Å². The van der Waals surface area contributed by atoms with Crippen LogP contribution in [0.4, 0.5) is 5.69 Å². The van der Waals surface area contributed by atoms with Crippen molar-refractivity contribution >= 4 is 21.6 Å². The molecule has 1 saturated carbocycles.